The summed E-state index contributed by atoms with van der Waals surface area (Å²) in [6.07, 6.45) is 4.35. The van der Waals surface area contributed by atoms with Crippen molar-refractivity contribution in [2.24, 2.45) is 0 Å². The fraction of sp³-hybridized carbons (Fsp3) is 0.333. The van der Waals surface area contributed by atoms with Crippen molar-refractivity contribution >= 4 is 28.5 Å². The Morgan fingerprint density at radius 3 is 3.07 bits per heavy atom. The maximum Gasteiger partial charge on any atom is 0.151 e. The first-order chi connectivity index (χ1) is 6.83. The van der Waals surface area contributed by atoms with E-state index in [9.17, 15) is 0 Å². The monoisotopic (exact) mass is 210 g/mol. The third-order valence-electron chi connectivity index (χ3n) is 2.11. The van der Waals surface area contributed by atoms with Gasteiger partial charge in [0.1, 0.15) is 11.8 Å². The lowest BCUT2D eigenvalue weighted by Crippen LogP contribution is -2.01. The highest BCUT2D eigenvalue weighted by atomic mass is 35.5. The van der Waals surface area contributed by atoms with Gasteiger partial charge >= 0.3 is 0 Å². The molecular formula is C9H11ClN4. The Hall–Kier alpha value is -1.29. The van der Waals surface area contributed by atoms with Crippen LogP contribution in [0.3, 0.4) is 0 Å². The highest BCUT2D eigenvalue weighted by Gasteiger charge is 2.05. The summed E-state index contributed by atoms with van der Waals surface area (Å²) in [7, 11) is 0. The van der Waals surface area contributed by atoms with Crippen molar-refractivity contribution in [2.75, 3.05) is 11.6 Å². The maximum absolute atomic E-state index is 5.77. The minimum absolute atomic E-state index is 0.523. The topological polar surface area (TPSA) is 56.7 Å². The van der Waals surface area contributed by atoms with Crippen LogP contribution < -0.4 is 5.73 Å². The number of fused-ring (bicyclic) bond motifs is 1. The van der Waals surface area contributed by atoms with Crippen molar-refractivity contribution in [3.05, 3.63) is 18.6 Å². The van der Waals surface area contributed by atoms with Crippen molar-refractivity contribution in [3.63, 3.8) is 0 Å². The Bertz CT molecular complexity index is 437. The molecule has 74 valence electrons. The van der Waals surface area contributed by atoms with Crippen LogP contribution in [0.5, 0.6) is 0 Å². The predicted molar refractivity (Wildman–Crippen MR) is 57.3 cm³/mol. The summed E-state index contributed by atoms with van der Waals surface area (Å²) < 4.78 is 2.03. The first kappa shape index (κ1) is 9.27. The van der Waals surface area contributed by atoms with Crippen LogP contribution in [-0.2, 0) is 6.54 Å². The number of aromatic nitrogens is 3. The molecule has 0 bridgehead atoms. The molecule has 0 aromatic carbocycles. The molecule has 4 nitrogen and oxygen atoms in total. The van der Waals surface area contributed by atoms with E-state index >= 15 is 0 Å². The van der Waals surface area contributed by atoms with Gasteiger partial charge in [0.2, 0.25) is 0 Å². The Morgan fingerprint density at radius 1 is 1.43 bits per heavy atom. The molecule has 14 heavy (non-hydrogen) atoms. The second-order valence-corrected chi connectivity index (χ2v) is 3.42. The second-order valence-electron chi connectivity index (χ2n) is 3.04. The average Bonchev–Trinajstić information content (AvgIpc) is 2.59. The van der Waals surface area contributed by atoms with Gasteiger partial charge in [0.25, 0.3) is 0 Å². The van der Waals surface area contributed by atoms with Crippen LogP contribution in [0, 0.1) is 0 Å². The van der Waals surface area contributed by atoms with Crippen LogP contribution >= 0.6 is 11.6 Å². The molecule has 0 aliphatic rings. The van der Waals surface area contributed by atoms with Gasteiger partial charge in [-0.25, -0.2) is 9.97 Å². The molecule has 0 aliphatic carbocycles. The second kappa shape index (κ2) is 3.84. The van der Waals surface area contributed by atoms with Gasteiger partial charge in [-0.05, 0) is 12.5 Å². The van der Waals surface area contributed by atoms with Crippen LogP contribution in [-0.4, -0.2) is 20.4 Å². The fourth-order valence-corrected chi connectivity index (χ4v) is 1.59. The standard InChI is InChI=1S/C9H11ClN4/c10-3-1-4-14-5-2-7-8(14)9(11)13-6-12-7/h2,5-6H,1,3-4H2,(H2,11,12,13). The molecule has 2 N–H and O–H groups in total. The van der Waals surface area contributed by atoms with Gasteiger partial charge in [0.15, 0.2) is 5.82 Å². The van der Waals surface area contributed by atoms with Crippen molar-refractivity contribution in [1.29, 1.82) is 0 Å². The Morgan fingerprint density at radius 2 is 2.29 bits per heavy atom. The molecule has 0 aliphatic heterocycles. The van der Waals surface area contributed by atoms with Crippen LogP contribution in [0.4, 0.5) is 5.82 Å². The SMILES string of the molecule is Nc1ncnc2ccn(CCCCl)c12. The van der Waals surface area contributed by atoms with Crippen LogP contribution in [0.2, 0.25) is 0 Å². The predicted octanol–water partition coefficient (Wildman–Crippen LogP) is 1.64. The molecule has 2 aromatic rings. The van der Waals surface area contributed by atoms with E-state index in [-0.39, 0.29) is 0 Å². The average molecular weight is 211 g/mol. The molecule has 2 heterocycles. The summed E-state index contributed by atoms with van der Waals surface area (Å²) in [5.74, 6) is 1.17. The van der Waals surface area contributed by atoms with Crippen molar-refractivity contribution in [2.45, 2.75) is 13.0 Å². The van der Waals surface area contributed by atoms with Gasteiger partial charge in [0.05, 0.1) is 5.52 Å². The van der Waals surface area contributed by atoms with E-state index in [0.29, 0.717) is 11.7 Å². The molecule has 0 saturated carbocycles. The van der Waals surface area contributed by atoms with Gasteiger partial charge in [-0.2, -0.15) is 0 Å². The van der Waals surface area contributed by atoms with Gasteiger partial charge in [-0.15, -0.1) is 11.6 Å². The molecule has 5 heteroatoms. The highest BCUT2D eigenvalue weighted by molar-refractivity contribution is 6.17. The lowest BCUT2D eigenvalue weighted by Gasteiger charge is -2.04. The third-order valence-corrected chi connectivity index (χ3v) is 2.38. The minimum Gasteiger partial charge on any atom is -0.382 e. The van der Waals surface area contributed by atoms with E-state index < -0.39 is 0 Å². The largest absolute Gasteiger partial charge is 0.382 e. The van der Waals surface area contributed by atoms with E-state index in [0.717, 1.165) is 24.0 Å². The summed E-state index contributed by atoms with van der Waals surface area (Å²) in [5, 5.41) is 0. The third kappa shape index (κ3) is 1.53. The maximum atomic E-state index is 5.77. The van der Waals surface area contributed by atoms with Crippen molar-refractivity contribution in [3.8, 4) is 0 Å². The van der Waals surface area contributed by atoms with E-state index in [1.54, 1.807) is 0 Å². The first-order valence-corrected chi connectivity index (χ1v) is 4.97. The van der Waals surface area contributed by atoms with Crippen molar-refractivity contribution < 1.29 is 0 Å². The lowest BCUT2D eigenvalue weighted by atomic mass is 10.4. The zero-order valence-electron chi connectivity index (χ0n) is 7.65. The Labute approximate surface area is 86.7 Å². The smallest absolute Gasteiger partial charge is 0.151 e. The lowest BCUT2D eigenvalue weighted by molar-refractivity contribution is 0.707. The summed E-state index contributed by atoms with van der Waals surface area (Å²) in [5.41, 5.74) is 7.55. The number of hydrogen-bond acceptors (Lipinski definition) is 3. The summed E-state index contributed by atoms with van der Waals surface area (Å²) >= 11 is 5.63. The molecule has 0 amide bonds. The van der Waals surface area contributed by atoms with Crippen molar-refractivity contribution in [1.82, 2.24) is 14.5 Å². The molecule has 2 aromatic heterocycles. The number of hydrogen-bond donors (Lipinski definition) is 1. The number of anilines is 1. The fourth-order valence-electron chi connectivity index (χ4n) is 1.47. The first-order valence-electron chi connectivity index (χ1n) is 4.44. The molecule has 0 atom stereocenters. The normalized spacial score (nSPS) is 10.9. The summed E-state index contributed by atoms with van der Waals surface area (Å²) in [4.78, 5) is 8.09. The number of nitrogens with two attached hydrogens (primary N) is 1. The number of aryl methyl sites for hydroxylation is 1. The van der Waals surface area contributed by atoms with E-state index in [1.165, 1.54) is 6.33 Å². The summed E-state index contributed by atoms with van der Waals surface area (Å²) in [6.45, 7) is 0.852. The minimum atomic E-state index is 0.523. The van der Waals surface area contributed by atoms with Gasteiger partial charge in [0, 0.05) is 18.6 Å². The van der Waals surface area contributed by atoms with Crippen LogP contribution in [0.25, 0.3) is 11.0 Å². The Balaban J connectivity index is 2.45. The van der Waals surface area contributed by atoms with E-state index in [4.69, 9.17) is 17.3 Å². The molecular weight excluding hydrogens is 200 g/mol. The molecule has 0 spiro atoms. The number of halogens is 1. The molecule has 0 unspecified atom stereocenters. The number of nitrogen functional groups attached to an aromatic ring is 1. The van der Waals surface area contributed by atoms with Gasteiger partial charge < -0.3 is 10.3 Å². The van der Waals surface area contributed by atoms with Gasteiger partial charge in [-0.3, -0.25) is 0 Å². The molecule has 2 rings (SSSR count). The zero-order valence-corrected chi connectivity index (χ0v) is 8.41. The zero-order chi connectivity index (χ0) is 9.97. The van der Waals surface area contributed by atoms with Gasteiger partial charge in [-0.1, -0.05) is 0 Å². The number of rotatable bonds is 3. The summed E-state index contributed by atoms with van der Waals surface area (Å²) in [6, 6.07) is 1.93. The van der Waals surface area contributed by atoms with E-state index in [1.807, 2.05) is 16.8 Å². The Kier molecular flexibility index (Phi) is 2.54. The molecule has 0 saturated heterocycles. The quantitative estimate of drug-likeness (QED) is 0.784. The van der Waals surface area contributed by atoms with Crippen LogP contribution in [0.1, 0.15) is 6.42 Å². The highest BCUT2D eigenvalue weighted by Crippen LogP contribution is 2.17. The molecule has 0 fully saturated rings. The van der Waals surface area contributed by atoms with Crippen LogP contribution in [0.15, 0.2) is 18.6 Å². The number of alkyl halides is 1. The van der Waals surface area contributed by atoms with E-state index in [2.05, 4.69) is 9.97 Å². The molecule has 0 radical (unpaired) electrons. The number of nitrogens with zero attached hydrogens (tertiary/aromatic N) is 3.